The second kappa shape index (κ2) is 9.05. The van der Waals surface area contributed by atoms with Crippen molar-refractivity contribution in [3.63, 3.8) is 0 Å². The van der Waals surface area contributed by atoms with Gasteiger partial charge in [-0.3, -0.25) is 14.5 Å². The number of amides is 1. The molecule has 4 aromatic rings. The molecule has 3 aromatic carbocycles. The average Bonchev–Trinajstić information content (AvgIpc) is 3.41. The number of hydrogen-bond donors (Lipinski definition) is 1. The maximum Gasteiger partial charge on any atom is 0.301 e. The van der Waals surface area contributed by atoms with E-state index in [1.54, 1.807) is 67.8 Å². The van der Waals surface area contributed by atoms with Crippen LogP contribution in [0, 0.1) is 0 Å². The predicted octanol–water partition coefficient (Wildman–Crippen LogP) is 5.59. The van der Waals surface area contributed by atoms with Gasteiger partial charge in [-0.2, -0.15) is 0 Å². The summed E-state index contributed by atoms with van der Waals surface area (Å²) < 4.78 is 11.5. The van der Waals surface area contributed by atoms with Crippen LogP contribution in [-0.4, -0.2) is 36.0 Å². The van der Waals surface area contributed by atoms with Gasteiger partial charge in [-0.15, -0.1) is 0 Å². The summed E-state index contributed by atoms with van der Waals surface area (Å²) in [5, 5.41) is 12.0. The Bertz CT molecular complexity index is 1500. The van der Waals surface area contributed by atoms with Crippen LogP contribution in [0.4, 0.5) is 5.13 Å². The van der Waals surface area contributed by atoms with Gasteiger partial charge in [0.2, 0.25) is 0 Å². The van der Waals surface area contributed by atoms with Gasteiger partial charge in [0.15, 0.2) is 5.13 Å². The molecule has 2 heterocycles. The maximum atomic E-state index is 13.4. The number of halogens is 1. The van der Waals surface area contributed by atoms with Crippen LogP contribution in [0.25, 0.3) is 16.0 Å². The van der Waals surface area contributed by atoms with Gasteiger partial charge in [0.25, 0.3) is 5.78 Å². The van der Waals surface area contributed by atoms with E-state index in [0.29, 0.717) is 38.3 Å². The monoisotopic (exact) mass is 506 g/mol. The van der Waals surface area contributed by atoms with Gasteiger partial charge in [-0.05, 0) is 60.2 Å². The number of fused-ring (bicyclic) bond motifs is 1. The summed E-state index contributed by atoms with van der Waals surface area (Å²) in [4.78, 5) is 32.6. The fraction of sp³-hybridized carbons (Fsp3) is 0.115. The molecule has 35 heavy (non-hydrogen) atoms. The van der Waals surface area contributed by atoms with Crippen LogP contribution >= 0.6 is 22.9 Å². The molecule has 9 heteroatoms. The normalized spacial score (nSPS) is 17.2. The molecule has 0 unspecified atom stereocenters. The third kappa shape index (κ3) is 4.00. The van der Waals surface area contributed by atoms with E-state index in [1.807, 2.05) is 6.07 Å². The van der Waals surface area contributed by atoms with Crippen molar-refractivity contribution in [2.45, 2.75) is 6.04 Å². The van der Waals surface area contributed by atoms with Crippen LogP contribution < -0.4 is 14.4 Å². The van der Waals surface area contributed by atoms with Crippen LogP contribution in [-0.2, 0) is 9.59 Å². The van der Waals surface area contributed by atoms with Crippen LogP contribution in [0.2, 0.25) is 5.02 Å². The third-order valence-electron chi connectivity index (χ3n) is 5.76. The van der Waals surface area contributed by atoms with E-state index in [4.69, 9.17) is 21.1 Å². The molecule has 5 rings (SSSR count). The number of nitrogens with zero attached hydrogens (tertiary/aromatic N) is 2. The Labute approximate surface area is 209 Å². The number of carbonyl (C=O) groups is 2. The van der Waals surface area contributed by atoms with Crippen molar-refractivity contribution in [3.8, 4) is 11.5 Å². The van der Waals surface area contributed by atoms with Crippen molar-refractivity contribution in [2.24, 2.45) is 0 Å². The molecule has 0 bridgehead atoms. The zero-order valence-electron chi connectivity index (χ0n) is 18.7. The number of thiazole rings is 1. The Hall–Kier alpha value is -3.88. The summed E-state index contributed by atoms with van der Waals surface area (Å²) in [6.07, 6.45) is 0. The average molecular weight is 507 g/mol. The van der Waals surface area contributed by atoms with Crippen LogP contribution in [0.15, 0.2) is 72.3 Å². The van der Waals surface area contributed by atoms with Gasteiger partial charge < -0.3 is 14.6 Å². The second-order valence-corrected chi connectivity index (χ2v) is 9.23. The lowest BCUT2D eigenvalue weighted by atomic mass is 9.95. The number of rotatable bonds is 5. The highest BCUT2D eigenvalue weighted by Gasteiger charge is 2.48. The van der Waals surface area contributed by atoms with Crippen molar-refractivity contribution >= 4 is 55.7 Å². The van der Waals surface area contributed by atoms with Crippen LogP contribution in [0.5, 0.6) is 11.5 Å². The number of aromatic nitrogens is 1. The molecule has 1 amide bonds. The van der Waals surface area contributed by atoms with Gasteiger partial charge >= 0.3 is 5.91 Å². The number of ketones is 1. The molecule has 7 nitrogen and oxygen atoms in total. The lowest BCUT2D eigenvalue weighted by molar-refractivity contribution is -0.132. The number of anilines is 1. The summed E-state index contributed by atoms with van der Waals surface area (Å²) >= 11 is 7.25. The van der Waals surface area contributed by atoms with E-state index in [1.165, 1.54) is 23.3 Å². The zero-order valence-corrected chi connectivity index (χ0v) is 20.3. The number of benzene rings is 3. The summed E-state index contributed by atoms with van der Waals surface area (Å²) in [7, 11) is 3.10. The number of ether oxygens (including phenoxy) is 2. The first-order chi connectivity index (χ1) is 16.9. The molecule has 1 fully saturated rings. The Kier molecular flexibility index (Phi) is 5.92. The highest BCUT2D eigenvalue weighted by molar-refractivity contribution is 7.22. The highest BCUT2D eigenvalue weighted by Crippen LogP contribution is 2.45. The lowest BCUT2D eigenvalue weighted by Crippen LogP contribution is -2.29. The molecule has 1 saturated heterocycles. The molecule has 1 aromatic heterocycles. The molecule has 0 saturated carbocycles. The summed E-state index contributed by atoms with van der Waals surface area (Å²) in [5.74, 6) is -0.671. The Balaban J connectivity index is 1.72. The number of carbonyl (C=O) groups excluding carboxylic acids is 2. The first-order valence-electron chi connectivity index (χ1n) is 10.6. The van der Waals surface area contributed by atoms with E-state index in [0.717, 1.165) is 4.70 Å². The summed E-state index contributed by atoms with van der Waals surface area (Å²) in [6, 6.07) is 17.9. The lowest BCUT2D eigenvalue weighted by Gasteiger charge is -2.23. The molecule has 1 aliphatic rings. The van der Waals surface area contributed by atoms with E-state index in [2.05, 4.69) is 4.98 Å². The molecule has 1 N–H and O–H groups in total. The minimum absolute atomic E-state index is 0.0394. The zero-order chi connectivity index (χ0) is 24.7. The van der Waals surface area contributed by atoms with Gasteiger partial charge in [-0.25, -0.2) is 4.98 Å². The first kappa shape index (κ1) is 22.9. The van der Waals surface area contributed by atoms with E-state index in [9.17, 15) is 14.7 Å². The quantitative estimate of drug-likeness (QED) is 0.215. The van der Waals surface area contributed by atoms with E-state index in [-0.39, 0.29) is 11.3 Å². The smallest absolute Gasteiger partial charge is 0.301 e. The first-order valence-corrected chi connectivity index (χ1v) is 11.8. The number of hydrogen-bond acceptors (Lipinski definition) is 7. The summed E-state index contributed by atoms with van der Waals surface area (Å²) in [5.41, 5.74) is 1.59. The predicted molar refractivity (Wildman–Crippen MR) is 135 cm³/mol. The highest BCUT2D eigenvalue weighted by atomic mass is 35.5. The summed E-state index contributed by atoms with van der Waals surface area (Å²) in [6.45, 7) is 0. The SMILES string of the molecule is COc1cccc([C@@H]2/C(=C(\O)c3ccc(Cl)cc3)C(=O)C(=O)N2c2nc3ccc(OC)cc3s2)c1. The van der Waals surface area contributed by atoms with Crippen LogP contribution in [0.1, 0.15) is 17.2 Å². The van der Waals surface area contributed by atoms with Gasteiger partial charge in [0, 0.05) is 10.6 Å². The fourth-order valence-electron chi connectivity index (χ4n) is 4.04. The Morgan fingerprint density at radius 1 is 1.00 bits per heavy atom. The van der Waals surface area contributed by atoms with Crippen molar-refractivity contribution in [1.29, 1.82) is 0 Å². The van der Waals surface area contributed by atoms with Gasteiger partial charge in [0.1, 0.15) is 17.3 Å². The minimum Gasteiger partial charge on any atom is -0.507 e. The molecule has 1 atom stereocenters. The van der Waals surface area contributed by atoms with E-state index < -0.39 is 17.7 Å². The molecular weight excluding hydrogens is 488 g/mol. The number of aliphatic hydroxyl groups is 1. The molecule has 0 radical (unpaired) electrons. The molecular formula is C26H19ClN2O5S. The molecule has 176 valence electrons. The van der Waals surface area contributed by atoms with Gasteiger partial charge in [-0.1, -0.05) is 35.1 Å². The third-order valence-corrected chi connectivity index (χ3v) is 7.03. The number of methoxy groups -OCH3 is 2. The van der Waals surface area contributed by atoms with Crippen molar-refractivity contribution < 1.29 is 24.2 Å². The Morgan fingerprint density at radius 2 is 1.71 bits per heavy atom. The molecule has 1 aliphatic heterocycles. The fourth-order valence-corrected chi connectivity index (χ4v) is 5.19. The molecule has 0 aliphatic carbocycles. The minimum atomic E-state index is -0.914. The topological polar surface area (TPSA) is 89.0 Å². The van der Waals surface area contributed by atoms with Crippen molar-refractivity contribution in [3.05, 3.63) is 88.5 Å². The standard InChI is InChI=1S/C26H19ClN2O5S/c1-33-17-5-3-4-15(12-17)22-21(23(30)14-6-8-16(27)9-7-14)24(31)25(32)29(22)26-28-19-11-10-18(34-2)13-20(19)35-26/h3-13,22,30H,1-2H3/b23-21+/t22-/m1/s1. The van der Waals surface area contributed by atoms with E-state index >= 15 is 0 Å². The number of aliphatic hydroxyl groups excluding tert-OH is 1. The van der Waals surface area contributed by atoms with Crippen molar-refractivity contribution in [2.75, 3.05) is 19.1 Å². The second-order valence-electron chi connectivity index (χ2n) is 7.78. The Morgan fingerprint density at radius 3 is 2.43 bits per heavy atom. The number of Topliss-reactive ketones (excluding diaryl/α,β-unsaturated/α-hetero) is 1. The van der Waals surface area contributed by atoms with Crippen molar-refractivity contribution in [1.82, 2.24) is 4.98 Å². The molecule has 0 spiro atoms. The largest absolute Gasteiger partial charge is 0.507 e. The maximum absolute atomic E-state index is 13.4. The van der Waals surface area contributed by atoms with Crippen LogP contribution in [0.3, 0.4) is 0 Å². The van der Waals surface area contributed by atoms with Gasteiger partial charge in [0.05, 0.1) is 36.1 Å².